The highest BCUT2D eigenvalue weighted by molar-refractivity contribution is 7.13. The molecule has 1 aliphatic rings. The van der Waals surface area contributed by atoms with Crippen molar-refractivity contribution in [3.63, 3.8) is 0 Å². The fourth-order valence-electron chi connectivity index (χ4n) is 2.73. The van der Waals surface area contributed by atoms with E-state index in [2.05, 4.69) is 17.2 Å². The minimum atomic E-state index is 0.0191. The molecule has 0 saturated carbocycles. The number of benzene rings is 1. The zero-order valence-electron chi connectivity index (χ0n) is 14.3. The Bertz CT molecular complexity index is 697. The lowest BCUT2D eigenvalue weighted by Crippen LogP contribution is -2.51. The standard InChI is InChI=1S/C18H23N3O2S/c1-12(2)23-15-6-4-14(5-7-15)17-20-16(11-24-17)18(22)21-9-8-19-13(3)10-21/h4-7,11-13,19H,8-10H2,1-3H3. The van der Waals surface area contributed by atoms with E-state index in [1.807, 2.05) is 48.4 Å². The van der Waals surface area contributed by atoms with Crippen LogP contribution >= 0.6 is 11.3 Å². The quantitative estimate of drug-likeness (QED) is 0.925. The van der Waals surface area contributed by atoms with Crippen LogP contribution in [0.25, 0.3) is 10.6 Å². The van der Waals surface area contributed by atoms with E-state index in [1.165, 1.54) is 11.3 Å². The van der Waals surface area contributed by atoms with Gasteiger partial charge in [-0.25, -0.2) is 4.98 Å². The molecule has 2 heterocycles. The van der Waals surface area contributed by atoms with Gasteiger partial charge in [0.15, 0.2) is 0 Å². The summed E-state index contributed by atoms with van der Waals surface area (Å²) in [6.45, 7) is 8.39. The highest BCUT2D eigenvalue weighted by atomic mass is 32.1. The van der Waals surface area contributed by atoms with E-state index in [1.54, 1.807) is 0 Å². The van der Waals surface area contributed by atoms with Crippen molar-refractivity contribution >= 4 is 17.2 Å². The molecule has 1 aromatic carbocycles. The van der Waals surface area contributed by atoms with E-state index in [0.717, 1.165) is 36.0 Å². The van der Waals surface area contributed by atoms with Crippen LogP contribution in [0.2, 0.25) is 0 Å². The number of hydrogen-bond acceptors (Lipinski definition) is 5. The molecule has 1 atom stereocenters. The summed E-state index contributed by atoms with van der Waals surface area (Å²) in [6.07, 6.45) is 0.154. The Balaban J connectivity index is 1.71. The maximum absolute atomic E-state index is 12.6. The molecule has 0 bridgehead atoms. The lowest BCUT2D eigenvalue weighted by molar-refractivity contribution is 0.0704. The first-order chi connectivity index (χ1) is 11.5. The van der Waals surface area contributed by atoms with E-state index >= 15 is 0 Å². The third kappa shape index (κ3) is 3.94. The molecule has 2 aromatic rings. The highest BCUT2D eigenvalue weighted by Crippen LogP contribution is 2.26. The van der Waals surface area contributed by atoms with Crippen LogP contribution in [0, 0.1) is 0 Å². The number of aromatic nitrogens is 1. The number of amides is 1. The number of nitrogens with zero attached hydrogens (tertiary/aromatic N) is 2. The first-order valence-electron chi connectivity index (χ1n) is 8.28. The Morgan fingerprint density at radius 1 is 1.38 bits per heavy atom. The van der Waals surface area contributed by atoms with Gasteiger partial charge in [-0.3, -0.25) is 4.79 Å². The molecule has 1 fully saturated rings. The van der Waals surface area contributed by atoms with Gasteiger partial charge in [-0.05, 0) is 45.0 Å². The smallest absolute Gasteiger partial charge is 0.273 e. The van der Waals surface area contributed by atoms with Crippen LogP contribution in [-0.4, -0.2) is 47.6 Å². The number of carbonyl (C=O) groups is 1. The first-order valence-corrected chi connectivity index (χ1v) is 9.16. The number of piperazine rings is 1. The maximum Gasteiger partial charge on any atom is 0.273 e. The third-order valence-electron chi connectivity index (χ3n) is 3.85. The number of thiazole rings is 1. The fourth-order valence-corrected chi connectivity index (χ4v) is 3.53. The summed E-state index contributed by atoms with van der Waals surface area (Å²) < 4.78 is 5.65. The Morgan fingerprint density at radius 3 is 2.79 bits per heavy atom. The Kier molecular flexibility index (Phi) is 5.16. The Labute approximate surface area is 146 Å². The SMILES string of the molecule is CC1CN(C(=O)c2csc(-c3ccc(OC(C)C)cc3)n2)CCN1. The van der Waals surface area contributed by atoms with Crippen molar-refractivity contribution in [2.75, 3.05) is 19.6 Å². The van der Waals surface area contributed by atoms with Crippen molar-refractivity contribution < 1.29 is 9.53 Å². The summed E-state index contributed by atoms with van der Waals surface area (Å²) in [7, 11) is 0. The Hall–Kier alpha value is -1.92. The van der Waals surface area contributed by atoms with Gasteiger partial charge in [0.2, 0.25) is 0 Å². The van der Waals surface area contributed by atoms with Gasteiger partial charge in [0.05, 0.1) is 6.10 Å². The van der Waals surface area contributed by atoms with Gasteiger partial charge in [-0.1, -0.05) is 0 Å². The molecule has 1 saturated heterocycles. The molecular formula is C18H23N3O2S. The number of carbonyl (C=O) groups excluding carboxylic acids is 1. The van der Waals surface area contributed by atoms with Gasteiger partial charge in [0.1, 0.15) is 16.5 Å². The van der Waals surface area contributed by atoms with E-state index in [-0.39, 0.29) is 12.0 Å². The normalized spacial score (nSPS) is 18.0. The van der Waals surface area contributed by atoms with Gasteiger partial charge in [0.25, 0.3) is 5.91 Å². The van der Waals surface area contributed by atoms with Gasteiger partial charge >= 0.3 is 0 Å². The molecule has 128 valence electrons. The minimum Gasteiger partial charge on any atom is -0.491 e. The van der Waals surface area contributed by atoms with Crippen molar-refractivity contribution in [3.05, 3.63) is 35.3 Å². The van der Waals surface area contributed by atoms with Crippen LogP contribution in [0.3, 0.4) is 0 Å². The van der Waals surface area contributed by atoms with Gasteiger partial charge in [0, 0.05) is 36.6 Å². The topological polar surface area (TPSA) is 54.5 Å². The largest absolute Gasteiger partial charge is 0.491 e. The van der Waals surface area contributed by atoms with Crippen molar-refractivity contribution in [1.29, 1.82) is 0 Å². The molecule has 1 aliphatic heterocycles. The van der Waals surface area contributed by atoms with Crippen molar-refractivity contribution in [1.82, 2.24) is 15.2 Å². The van der Waals surface area contributed by atoms with E-state index in [4.69, 9.17) is 4.74 Å². The molecule has 1 amide bonds. The molecule has 5 nitrogen and oxygen atoms in total. The minimum absolute atomic E-state index is 0.0191. The monoisotopic (exact) mass is 345 g/mol. The van der Waals surface area contributed by atoms with Crippen molar-refractivity contribution in [2.24, 2.45) is 0 Å². The van der Waals surface area contributed by atoms with Crippen LogP contribution in [-0.2, 0) is 0 Å². The molecule has 0 radical (unpaired) electrons. The summed E-state index contributed by atoms with van der Waals surface area (Å²) >= 11 is 1.50. The average Bonchev–Trinajstić information content (AvgIpc) is 3.04. The second-order valence-corrected chi connectivity index (χ2v) is 7.19. The first kappa shape index (κ1) is 16.9. The average molecular weight is 345 g/mol. The summed E-state index contributed by atoms with van der Waals surface area (Å²) in [5.41, 5.74) is 1.54. The predicted molar refractivity (Wildman–Crippen MR) is 96.7 cm³/mol. The summed E-state index contributed by atoms with van der Waals surface area (Å²) in [5, 5.41) is 6.05. The maximum atomic E-state index is 12.6. The van der Waals surface area contributed by atoms with Crippen molar-refractivity contribution in [2.45, 2.75) is 32.9 Å². The van der Waals surface area contributed by atoms with Crippen LogP contribution in [0.5, 0.6) is 5.75 Å². The third-order valence-corrected chi connectivity index (χ3v) is 4.74. The summed E-state index contributed by atoms with van der Waals surface area (Å²) in [6, 6.07) is 8.18. The number of hydrogen-bond donors (Lipinski definition) is 1. The Morgan fingerprint density at radius 2 is 2.12 bits per heavy atom. The van der Waals surface area contributed by atoms with E-state index in [0.29, 0.717) is 11.7 Å². The number of ether oxygens (including phenoxy) is 1. The fraction of sp³-hybridized carbons (Fsp3) is 0.444. The number of rotatable bonds is 4. The lowest BCUT2D eigenvalue weighted by atomic mass is 10.2. The summed E-state index contributed by atoms with van der Waals surface area (Å²) in [4.78, 5) is 19.0. The van der Waals surface area contributed by atoms with Crippen LogP contribution in [0.1, 0.15) is 31.3 Å². The summed E-state index contributed by atoms with van der Waals surface area (Å²) in [5.74, 6) is 0.863. The van der Waals surface area contributed by atoms with Gasteiger partial charge < -0.3 is 15.0 Å². The van der Waals surface area contributed by atoms with Crippen LogP contribution in [0.15, 0.2) is 29.6 Å². The highest BCUT2D eigenvalue weighted by Gasteiger charge is 2.23. The predicted octanol–water partition coefficient (Wildman–Crippen LogP) is 3.03. The van der Waals surface area contributed by atoms with Gasteiger partial charge in [-0.2, -0.15) is 0 Å². The van der Waals surface area contributed by atoms with Crippen LogP contribution < -0.4 is 10.1 Å². The molecule has 0 aliphatic carbocycles. The molecule has 3 rings (SSSR count). The molecule has 6 heteroatoms. The van der Waals surface area contributed by atoms with Crippen LogP contribution in [0.4, 0.5) is 0 Å². The van der Waals surface area contributed by atoms with E-state index in [9.17, 15) is 4.79 Å². The van der Waals surface area contributed by atoms with Gasteiger partial charge in [-0.15, -0.1) is 11.3 Å². The van der Waals surface area contributed by atoms with E-state index < -0.39 is 0 Å². The molecule has 24 heavy (non-hydrogen) atoms. The number of nitrogens with one attached hydrogen (secondary N) is 1. The molecule has 1 unspecified atom stereocenters. The second kappa shape index (κ2) is 7.32. The lowest BCUT2D eigenvalue weighted by Gasteiger charge is -2.31. The molecule has 1 N–H and O–H groups in total. The molecule has 1 aromatic heterocycles. The van der Waals surface area contributed by atoms with Crippen molar-refractivity contribution in [3.8, 4) is 16.3 Å². The zero-order chi connectivity index (χ0) is 17.1. The molecule has 0 spiro atoms. The second-order valence-electron chi connectivity index (χ2n) is 6.34. The zero-order valence-corrected chi connectivity index (χ0v) is 15.1. The molecular weight excluding hydrogens is 322 g/mol.